The van der Waals surface area contributed by atoms with Crippen LogP contribution in [0.2, 0.25) is 0 Å². The Balaban J connectivity index is 1.32. The van der Waals surface area contributed by atoms with Crippen molar-refractivity contribution in [3.05, 3.63) is 60.3 Å². The molecule has 0 spiro atoms. The number of nitrogens with one attached hydrogen (secondary N) is 1. The van der Waals surface area contributed by atoms with E-state index in [9.17, 15) is 0 Å². The molecule has 0 unspecified atom stereocenters. The summed E-state index contributed by atoms with van der Waals surface area (Å²) >= 11 is 0. The van der Waals surface area contributed by atoms with Crippen molar-refractivity contribution in [3.63, 3.8) is 0 Å². The molecule has 142 valence electrons. The van der Waals surface area contributed by atoms with E-state index in [1.807, 2.05) is 35.1 Å². The molecule has 2 aromatic heterocycles. The average Bonchev–Trinajstić information content (AvgIpc) is 3.48. The summed E-state index contributed by atoms with van der Waals surface area (Å²) in [5.41, 5.74) is 5.00. The minimum absolute atomic E-state index is 0.775. The number of fused-ring (bicyclic) bond motifs is 1. The van der Waals surface area contributed by atoms with Gasteiger partial charge in [-0.1, -0.05) is 35.5 Å². The number of nitrogens with zero attached hydrogens (tertiary/aromatic N) is 5. The fourth-order valence-corrected chi connectivity index (χ4v) is 4.02. The van der Waals surface area contributed by atoms with Gasteiger partial charge in [-0.3, -0.25) is 5.10 Å². The van der Waals surface area contributed by atoms with Gasteiger partial charge in [0.15, 0.2) is 0 Å². The average molecular weight is 372 g/mol. The first-order valence-corrected chi connectivity index (χ1v) is 10.0. The highest BCUT2D eigenvalue weighted by molar-refractivity contribution is 5.91. The first kappa shape index (κ1) is 17.1. The van der Waals surface area contributed by atoms with Gasteiger partial charge in [0.25, 0.3) is 0 Å². The van der Waals surface area contributed by atoms with Crippen LogP contribution < -0.4 is 0 Å². The minimum atomic E-state index is 0.775. The summed E-state index contributed by atoms with van der Waals surface area (Å²) in [6.07, 6.45) is 6.96. The topological polar surface area (TPSA) is 62.6 Å². The molecular weight excluding hydrogens is 348 g/mol. The van der Waals surface area contributed by atoms with E-state index < -0.39 is 0 Å². The molecule has 3 heterocycles. The molecule has 2 aromatic carbocycles. The molecule has 0 atom stereocenters. The first-order valence-electron chi connectivity index (χ1n) is 10.0. The van der Waals surface area contributed by atoms with Crippen LogP contribution in [0.3, 0.4) is 0 Å². The molecule has 0 amide bonds. The Labute approximate surface area is 164 Å². The van der Waals surface area contributed by atoms with Crippen molar-refractivity contribution < 1.29 is 0 Å². The zero-order valence-electron chi connectivity index (χ0n) is 15.9. The van der Waals surface area contributed by atoms with E-state index >= 15 is 0 Å². The van der Waals surface area contributed by atoms with Gasteiger partial charge < -0.3 is 4.90 Å². The third kappa shape index (κ3) is 3.43. The van der Waals surface area contributed by atoms with Gasteiger partial charge >= 0.3 is 0 Å². The number of hydrogen-bond donors (Lipinski definition) is 1. The Bertz CT molecular complexity index is 1070. The molecule has 1 aliphatic heterocycles. The Kier molecular flexibility index (Phi) is 4.62. The second-order valence-electron chi connectivity index (χ2n) is 7.49. The first-order chi connectivity index (χ1) is 13.9. The van der Waals surface area contributed by atoms with E-state index in [1.165, 1.54) is 44.5 Å². The summed E-state index contributed by atoms with van der Waals surface area (Å²) in [7, 11) is 0. The molecule has 1 saturated heterocycles. The van der Waals surface area contributed by atoms with E-state index in [0.29, 0.717) is 0 Å². The number of para-hydroxylation sites is 1. The van der Waals surface area contributed by atoms with E-state index in [-0.39, 0.29) is 0 Å². The molecule has 5 rings (SSSR count). The van der Waals surface area contributed by atoms with Crippen molar-refractivity contribution in [2.24, 2.45) is 0 Å². The van der Waals surface area contributed by atoms with Crippen LogP contribution in [-0.4, -0.2) is 49.7 Å². The fraction of sp³-hybridized carbons (Fsp3) is 0.318. The Morgan fingerprint density at radius 1 is 1.00 bits per heavy atom. The van der Waals surface area contributed by atoms with Gasteiger partial charge in [0.1, 0.15) is 11.4 Å². The van der Waals surface area contributed by atoms with Gasteiger partial charge in [0, 0.05) is 5.39 Å². The van der Waals surface area contributed by atoms with Gasteiger partial charge in [0.2, 0.25) is 0 Å². The van der Waals surface area contributed by atoms with Gasteiger partial charge in [0.05, 0.1) is 17.4 Å². The third-order valence-electron chi connectivity index (χ3n) is 5.52. The quantitative estimate of drug-likeness (QED) is 0.559. The molecule has 1 fully saturated rings. The summed E-state index contributed by atoms with van der Waals surface area (Å²) < 4.78 is 1.84. The highest BCUT2D eigenvalue weighted by Crippen LogP contribution is 2.24. The van der Waals surface area contributed by atoms with Crippen LogP contribution in [0.25, 0.3) is 28.0 Å². The van der Waals surface area contributed by atoms with E-state index in [2.05, 4.69) is 49.7 Å². The van der Waals surface area contributed by atoms with Gasteiger partial charge in [-0.05, 0) is 69.1 Å². The molecule has 4 aromatic rings. The lowest BCUT2D eigenvalue weighted by molar-refractivity contribution is 0.334. The van der Waals surface area contributed by atoms with Gasteiger partial charge in [-0.15, -0.1) is 5.10 Å². The lowest BCUT2D eigenvalue weighted by atomic mass is 10.1. The van der Waals surface area contributed by atoms with Gasteiger partial charge in [-0.2, -0.15) is 5.10 Å². The van der Waals surface area contributed by atoms with E-state index in [1.54, 1.807) is 0 Å². The Morgan fingerprint density at radius 2 is 1.89 bits per heavy atom. The number of H-pyrrole nitrogens is 1. The molecule has 0 radical (unpaired) electrons. The standard InChI is InChI=1S/C22H24N6/c1-2-11-20-19(10-1)22(25-23-20)21-16-28(26-24-21)18-9-5-7-17(15-18)8-6-14-27-12-3-4-13-27/h1-2,5,7,9-11,15-16H,3-4,6,8,12-14H2,(H,23,25). The molecule has 1 aliphatic rings. The third-order valence-corrected chi connectivity index (χ3v) is 5.52. The molecule has 0 bridgehead atoms. The Morgan fingerprint density at radius 3 is 2.82 bits per heavy atom. The second kappa shape index (κ2) is 7.56. The zero-order chi connectivity index (χ0) is 18.8. The summed E-state index contributed by atoms with van der Waals surface area (Å²) in [5, 5.41) is 17.2. The largest absolute Gasteiger partial charge is 0.303 e. The van der Waals surface area contributed by atoms with Crippen molar-refractivity contribution in [1.82, 2.24) is 30.1 Å². The normalized spacial score (nSPS) is 14.9. The smallest absolute Gasteiger partial charge is 0.134 e. The van der Waals surface area contributed by atoms with Crippen molar-refractivity contribution in [2.45, 2.75) is 25.7 Å². The maximum absolute atomic E-state index is 4.42. The summed E-state index contributed by atoms with van der Waals surface area (Å²) in [6, 6.07) is 16.7. The maximum Gasteiger partial charge on any atom is 0.134 e. The summed E-state index contributed by atoms with van der Waals surface area (Å²) in [5.74, 6) is 0. The lowest BCUT2D eigenvalue weighted by Crippen LogP contribution is -2.20. The number of likely N-dealkylation sites (tertiary alicyclic amines) is 1. The van der Waals surface area contributed by atoms with Crippen LogP contribution >= 0.6 is 0 Å². The zero-order valence-corrected chi connectivity index (χ0v) is 15.9. The number of aromatic nitrogens is 5. The molecular formula is C22H24N6. The van der Waals surface area contributed by atoms with Crippen LogP contribution in [0, 0.1) is 0 Å². The van der Waals surface area contributed by atoms with Crippen molar-refractivity contribution in [1.29, 1.82) is 0 Å². The second-order valence-corrected chi connectivity index (χ2v) is 7.49. The Hall–Kier alpha value is -2.99. The predicted molar refractivity (Wildman–Crippen MR) is 110 cm³/mol. The predicted octanol–water partition coefficient (Wildman–Crippen LogP) is 3.84. The van der Waals surface area contributed by atoms with Crippen LogP contribution in [0.5, 0.6) is 0 Å². The number of aryl methyl sites for hydroxylation is 1. The summed E-state index contributed by atoms with van der Waals surface area (Å²) in [6.45, 7) is 3.73. The number of rotatable bonds is 6. The lowest BCUT2D eigenvalue weighted by Gasteiger charge is -2.14. The van der Waals surface area contributed by atoms with Crippen molar-refractivity contribution in [2.75, 3.05) is 19.6 Å². The van der Waals surface area contributed by atoms with E-state index in [4.69, 9.17) is 0 Å². The van der Waals surface area contributed by atoms with Crippen molar-refractivity contribution >= 4 is 10.9 Å². The molecule has 1 N–H and O–H groups in total. The molecule has 28 heavy (non-hydrogen) atoms. The van der Waals surface area contributed by atoms with Crippen LogP contribution in [-0.2, 0) is 6.42 Å². The SMILES string of the molecule is c1cc(CCCN2CCCC2)cc(-n2cc(-c3n[nH]c4ccccc34)nn2)c1. The van der Waals surface area contributed by atoms with E-state index in [0.717, 1.165) is 34.4 Å². The highest BCUT2D eigenvalue weighted by atomic mass is 15.4. The molecule has 0 aliphatic carbocycles. The number of aromatic amines is 1. The molecule has 0 saturated carbocycles. The minimum Gasteiger partial charge on any atom is -0.303 e. The summed E-state index contributed by atoms with van der Waals surface area (Å²) in [4.78, 5) is 2.57. The van der Waals surface area contributed by atoms with Crippen LogP contribution in [0.4, 0.5) is 0 Å². The van der Waals surface area contributed by atoms with Crippen LogP contribution in [0.15, 0.2) is 54.7 Å². The molecule has 6 nitrogen and oxygen atoms in total. The number of benzene rings is 2. The van der Waals surface area contributed by atoms with Crippen molar-refractivity contribution in [3.8, 4) is 17.1 Å². The maximum atomic E-state index is 4.42. The fourth-order valence-electron chi connectivity index (χ4n) is 4.02. The highest BCUT2D eigenvalue weighted by Gasteiger charge is 2.13. The van der Waals surface area contributed by atoms with Crippen LogP contribution in [0.1, 0.15) is 24.8 Å². The van der Waals surface area contributed by atoms with Gasteiger partial charge in [-0.25, -0.2) is 4.68 Å². The monoisotopic (exact) mass is 372 g/mol. The molecule has 6 heteroatoms. The number of hydrogen-bond acceptors (Lipinski definition) is 4.